The smallest absolute Gasteiger partial charge is 0.146 e. The van der Waals surface area contributed by atoms with Gasteiger partial charge in [-0.3, -0.25) is 0 Å². The molecular weight excluding hydrogens is 207 g/mol. The third-order valence-electron chi connectivity index (χ3n) is 3.15. The highest BCUT2D eigenvalue weighted by Crippen LogP contribution is 2.29. The monoisotopic (exact) mass is 224 g/mol. The fourth-order valence-electron chi connectivity index (χ4n) is 2.33. The molecule has 0 unspecified atom stereocenters. The summed E-state index contributed by atoms with van der Waals surface area (Å²) in [4.78, 5) is 2.20. The molecule has 16 heavy (non-hydrogen) atoms. The molecule has 3 N–H and O–H groups in total. The zero-order valence-corrected chi connectivity index (χ0v) is 9.19. The van der Waals surface area contributed by atoms with Crippen LogP contribution in [0.4, 0.5) is 15.8 Å². The molecule has 1 fully saturated rings. The Hall–Kier alpha value is -1.29. The zero-order chi connectivity index (χ0) is 11.5. The molecule has 2 rings (SSSR count). The summed E-state index contributed by atoms with van der Waals surface area (Å²) in [6, 6.07) is 5.18. The first kappa shape index (κ1) is 11.2. The molecule has 88 valence electrons. The minimum absolute atomic E-state index is 0.187. The predicted molar refractivity (Wildman–Crippen MR) is 62.9 cm³/mol. The second-order valence-corrected chi connectivity index (χ2v) is 4.21. The number of hydrogen-bond donors (Lipinski definition) is 2. The van der Waals surface area contributed by atoms with Gasteiger partial charge in [0, 0.05) is 24.9 Å². The van der Waals surface area contributed by atoms with Gasteiger partial charge in [0.1, 0.15) is 5.82 Å². The van der Waals surface area contributed by atoms with Crippen molar-refractivity contribution >= 4 is 11.4 Å². The third kappa shape index (κ3) is 2.11. The molecule has 1 aromatic carbocycles. The molecule has 1 atom stereocenters. The first-order chi connectivity index (χ1) is 7.72. The normalized spacial score (nSPS) is 20.4. The van der Waals surface area contributed by atoms with Gasteiger partial charge >= 0.3 is 0 Å². The van der Waals surface area contributed by atoms with Gasteiger partial charge in [-0.1, -0.05) is 0 Å². The standard InChI is InChI=1S/C12H17FN2O/c13-11-4-3-10(8-12(11)14)15-6-1-2-9(15)5-7-16/h3-4,8-9,16H,1-2,5-7,14H2/t9-/m1/s1. The van der Waals surface area contributed by atoms with Crippen molar-refractivity contribution in [3.05, 3.63) is 24.0 Å². The Morgan fingerprint density at radius 3 is 3.00 bits per heavy atom. The fraction of sp³-hybridized carbons (Fsp3) is 0.500. The summed E-state index contributed by atoms with van der Waals surface area (Å²) in [7, 11) is 0. The van der Waals surface area contributed by atoms with Crippen LogP contribution in [0.2, 0.25) is 0 Å². The summed E-state index contributed by atoms with van der Waals surface area (Å²) in [6.07, 6.45) is 2.96. The molecule has 0 aromatic heterocycles. The van der Waals surface area contributed by atoms with Crippen LogP contribution in [0, 0.1) is 5.82 Å². The van der Waals surface area contributed by atoms with Crippen molar-refractivity contribution in [2.24, 2.45) is 0 Å². The van der Waals surface area contributed by atoms with Crippen molar-refractivity contribution in [3.8, 4) is 0 Å². The lowest BCUT2D eigenvalue weighted by Crippen LogP contribution is -2.29. The van der Waals surface area contributed by atoms with Crippen molar-refractivity contribution < 1.29 is 9.50 Å². The average Bonchev–Trinajstić information content (AvgIpc) is 2.71. The number of nitrogens with two attached hydrogens (primary N) is 1. The van der Waals surface area contributed by atoms with Gasteiger partial charge in [-0.25, -0.2) is 4.39 Å². The number of aliphatic hydroxyl groups is 1. The third-order valence-corrected chi connectivity index (χ3v) is 3.15. The first-order valence-corrected chi connectivity index (χ1v) is 5.65. The molecule has 0 saturated carbocycles. The Bertz CT molecular complexity index is 370. The summed E-state index contributed by atoms with van der Waals surface area (Å²) in [5.74, 6) is -0.373. The van der Waals surface area contributed by atoms with Gasteiger partial charge in [0.2, 0.25) is 0 Å². The lowest BCUT2D eigenvalue weighted by Gasteiger charge is -2.26. The Morgan fingerprint density at radius 1 is 1.50 bits per heavy atom. The largest absolute Gasteiger partial charge is 0.396 e. The van der Waals surface area contributed by atoms with Gasteiger partial charge < -0.3 is 15.7 Å². The van der Waals surface area contributed by atoms with E-state index in [1.807, 2.05) is 0 Å². The van der Waals surface area contributed by atoms with Crippen LogP contribution in [-0.4, -0.2) is 24.3 Å². The van der Waals surface area contributed by atoms with Crippen molar-refractivity contribution in [3.63, 3.8) is 0 Å². The van der Waals surface area contributed by atoms with Gasteiger partial charge in [0.15, 0.2) is 0 Å². The van der Waals surface area contributed by atoms with Crippen molar-refractivity contribution in [1.82, 2.24) is 0 Å². The summed E-state index contributed by atoms with van der Waals surface area (Å²) < 4.78 is 13.0. The van der Waals surface area contributed by atoms with Gasteiger partial charge in [0.05, 0.1) is 5.69 Å². The van der Waals surface area contributed by atoms with Crippen LogP contribution in [0.25, 0.3) is 0 Å². The number of rotatable bonds is 3. The van der Waals surface area contributed by atoms with Crippen LogP contribution in [0.1, 0.15) is 19.3 Å². The van der Waals surface area contributed by atoms with E-state index in [0.717, 1.165) is 31.5 Å². The molecule has 0 amide bonds. The summed E-state index contributed by atoms with van der Waals surface area (Å²) in [5.41, 5.74) is 6.70. The highest BCUT2D eigenvalue weighted by Gasteiger charge is 2.24. The molecule has 0 aliphatic carbocycles. The van der Waals surface area contributed by atoms with E-state index < -0.39 is 0 Å². The molecule has 0 spiro atoms. The Labute approximate surface area is 94.7 Å². The quantitative estimate of drug-likeness (QED) is 0.769. The molecule has 1 aromatic rings. The van der Waals surface area contributed by atoms with Crippen LogP contribution in [-0.2, 0) is 0 Å². The molecule has 4 heteroatoms. The summed E-state index contributed by atoms with van der Waals surface area (Å²) >= 11 is 0. The second-order valence-electron chi connectivity index (χ2n) is 4.21. The van der Waals surface area contributed by atoms with Gasteiger partial charge in [-0.15, -0.1) is 0 Å². The van der Waals surface area contributed by atoms with Crippen molar-refractivity contribution in [2.45, 2.75) is 25.3 Å². The maximum atomic E-state index is 13.0. The number of hydrogen-bond acceptors (Lipinski definition) is 3. The molecule has 1 aliphatic rings. The van der Waals surface area contributed by atoms with E-state index >= 15 is 0 Å². The molecule has 0 radical (unpaired) electrons. The minimum Gasteiger partial charge on any atom is -0.396 e. The minimum atomic E-state index is -0.373. The lowest BCUT2D eigenvalue weighted by atomic mass is 10.1. The van der Waals surface area contributed by atoms with E-state index in [1.165, 1.54) is 6.07 Å². The number of halogens is 1. The maximum Gasteiger partial charge on any atom is 0.146 e. The van der Waals surface area contributed by atoms with Crippen LogP contribution >= 0.6 is 0 Å². The van der Waals surface area contributed by atoms with Crippen LogP contribution in [0.3, 0.4) is 0 Å². The summed E-state index contributed by atoms with van der Waals surface area (Å²) in [6.45, 7) is 1.15. The maximum absolute atomic E-state index is 13.0. The number of aliphatic hydroxyl groups excluding tert-OH is 1. The van der Waals surface area contributed by atoms with Crippen molar-refractivity contribution in [2.75, 3.05) is 23.8 Å². The van der Waals surface area contributed by atoms with Crippen LogP contribution < -0.4 is 10.6 Å². The van der Waals surface area contributed by atoms with E-state index in [-0.39, 0.29) is 18.1 Å². The van der Waals surface area contributed by atoms with Gasteiger partial charge in [0.25, 0.3) is 0 Å². The topological polar surface area (TPSA) is 49.5 Å². The Morgan fingerprint density at radius 2 is 2.31 bits per heavy atom. The number of nitrogen functional groups attached to an aromatic ring is 1. The highest BCUT2D eigenvalue weighted by atomic mass is 19.1. The molecule has 1 saturated heterocycles. The van der Waals surface area contributed by atoms with E-state index in [1.54, 1.807) is 12.1 Å². The molecular formula is C12H17FN2O. The van der Waals surface area contributed by atoms with Gasteiger partial charge in [-0.2, -0.15) is 0 Å². The number of anilines is 2. The van der Waals surface area contributed by atoms with E-state index in [4.69, 9.17) is 10.8 Å². The predicted octanol–water partition coefficient (Wildman–Crippen LogP) is 1.76. The second kappa shape index (κ2) is 4.70. The number of benzene rings is 1. The van der Waals surface area contributed by atoms with E-state index in [2.05, 4.69) is 4.90 Å². The highest BCUT2D eigenvalue weighted by molar-refractivity contribution is 5.57. The first-order valence-electron chi connectivity index (χ1n) is 5.65. The fourth-order valence-corrected chi connectivity index (χ4v) is 2.33. The average molecular weight is 224 g/mol. The van der Waals surface area contributed by atoms with Crippen molar-refractivity contribution in [1.29, 1.82) is 0 Å². The molecule has 0 bridgehead atoms. The summed E-state index contributed by atoms with van der Waals surface area (Å²) in [5, 5.41) is 8.98. The lowest BCUT2D eigenvalue weighted by molar-refractivity contribution is 0.276. The SMILES string of the molecule is Nc1cc(N2CCC[C@@H]2CCO)ccc1F. The Kier molecular flexibility index (Phi) is 3.29. The molecule has 3 nitrogen and oxygen atoms in total. The van der Waals surface area contributed by atoms with Gasteiger partial charge in [-0.05, 0) is 37.5 Å². The van der Waals surface area contributed by atoms with E-state index in [0.29, 0.717) is 6.04 Å². The molecule has 1 heterocycles. The number of nitrogens with zero attached hydrogens (tertiary/aromatic N) is 1. The Balaban J connectivity index is 2.19. The zero-order valence-electron chi connectivity index (χ0n) is 9.19. The van der Waals surface area contributed by atoms with Crippen LogP contribution in [0.15, 0.2) is 18.2 Å². The molecule has 1 aliphatic heterocycles. The van der Waals surface area contributed by atoms with Crippen LogP contribution in [0.5, 0.6) is 0 Å². The van der Waals surface area contributed by atoms with E-state index in [9.17, 15) is 4.39 Å².